The predicted octanol–water partition coefficient (Wildman–Crippen LogP) is 3.28. The molecule has 0 unspecified atom stereocenters. The van der Waals surface area contributed by atoms with Gasteiger partial charge in [-0.05, 0) is 24.6 Å². The van der Waals surface area contributed by atoms with E-state index in [9.17, 15) is 9.90 Å². The Morgan fingerprint density at radius 2 is 1.95 bits per heavy atom. The van der Waals surface area contributed by atoms with Gasteiger partial charge in [0.25, 0.3) is 0 Å². The van der Waals surface area contributed by atoms with Crippen LogP contribution in [0.4, 0.5) is 0 Å². The summed E-state index contributed by atoms with van der Waals surface area (Å²) < 4.78 is 10.8. The van der Waals surface area contributed by atoms with Gasteiger partial charge in [0.2, 0.25) is 0 Å². The van der Waals surface area contributed by atoms with Crippen molar-refractivity contribution in [2.45, 2.75) is 13.5 Å². The molecule has 2 aromatic rings. The fourth-order valence-electron chi connectivity index (χ4n) is 1.95. The molecule has 20 heavy (non-hydrogen) atoms. The first-order valence-corrected chi connectivity index (χ1v) is 6.20. The van der Waals surface area contributed by atoms with Crippen molar-refractivity contribution in [2.24, 2.45) is 0 Å². The average Bonchev–Trinajstić information content (AvgIpc) is 2.44. The number of ether oxygens (including phenoxy) is 2. The Bertz CT molecular complexity index is 620. The van der Waals surface area contributed by atoms with Gasteiger partial charge in [-0.25, -0.2) is 4.79 Å². The van der Waals surface area contributed by atoms with Crippen LogP contribution in [-0.2, 0) is 6.61 Å². The number of aromatic carboxylic acids is 1. The predicted molar refractivity (Wildman–Crippen MR) is 75.5 cm³/mol. The summed E-state index contributed by atoms with van der Waals surface area (Å²) in [4.78, 5) is 11.2. The first-order chi connectivity index (χ1) is 9.61. The number of carbonyl (C=O) groups is 1. The van der Waals surface area contributed by atoms with Crippen molar-refractivity contribution >= 4 is 5.97 Å². The molecule has 0 bridgehead atoms. The maximum atomic E-state index is 11.2. The first-order valence-electron chi connectivity index (χ1n) is 6.20. The van der Waals surface area contributed by atoms with Crippen molar-refractivity contribution in [1.29, 1.82) is 0 Å². The quantitative estimate of drug-likeness (QED) is 0.907. The number of benzene rings is 2. The summed E-state index contributed by atoms with van der Waals surface area (Å²) in [5.74, 6) is -0.371. The van der Waals surface area contributed by atoms with E-state index in [1.807, 2.05) is 31.2 Å². The molecule has 0 saturated carbocycles. The topological polar surface area (TPSA) is 55.8 Å². The second-order valence-corrected chi connectivity index (χ2v) is 4.42. The molecule has 0 saturated heterocycles. The second-order valence-electron chi connectivity index (χ2n) is 4.42. The Hall–Kier alpha value is -2.49. The summed E-state index contributed by atoms with van der Waals surface area (Å²) >= 11 is 0. The van der Waals surface area contributed by atoms with Crippen LogP contribution >= 0.6 is 0 Å². The Kier molecular flexibility index (Phi) is 4.25. The van der Waals surface area contributed by atoms with Crippen LogP contribution in [-0.4, -0.2) is 18.2 Å². The fraction of sp³-hybridized carbons (Fsp3) is 0.188. The van der Waals surface area contributed by atoms with Gasteiger partial charge in [-0.2, -0.15) is 0 Å². The van der Waals surface area contributed by atoms with Crippen LogP contribution in [0.25, 0.3) is 0 Å². The van der Waals surface area contributed by atoms with Gasteiger partial charge in [0.15, 0.2) is 11.5 Å². The van der Waals surface area contributed by atoms with Crippen LogP contribution in [0.5, 0.6) is 11.5 Å². The molecular weight excluding hydrogens is 256 g/mol. The minimum Gasteiger partial charge on any atom is -0.493 e. The summed E-state index contributed by atoms with van der Waals surface area (Å²) in [6.07, 6.45) is 0. The SMILES string of the molecule is COc1cccc(C(=O)O)c1OCc1cccc(C)c1. The molecule has 0 heterocycles. The molecule has 0 radical (unpaired) electrons. The lowest BCUT2D eigenvalue weighted by Gasteiger charge is -2.13. The van der Waals surface area contributed by atoms with Crippen LogP contribution in [0.3, 0.4) is 0 Å². The third kappa shape index (κ3) is 3.09. The highest BCUT2D eigenvalue weighted by Gasteiger charge is 2.16. The molecule has 4 nitrogen and oxygen atoms in total. The molecule has 2 rings (SSSR count). The van der Waals surface area contributed by atoms with Gasteiger partial charge in [-0.3, -0.25) is 0 Å². The lowest BCUT2D eigenvalue weighted by Crippen LogP contribution is -2.05. The second kappa shape index (κ2) is 6.10. The highest BCUT2D eigenvalue weighted by molar-refractivity contribution is 5.92. The minimum absolute atomic E-state index is 0.0944. The van der Waals surface area contributed by atoms with Crippen molar-refractivity contribution in [2.75, 3.05) is 7.11 Å². The minimum atomic E-state index is -1.04. The highest BCUT2D eigenvalue weighted by Crippen LogP contribution is 2.31. The molecule has 0 atom stereocenters. The van der Waals surface area contributed by atoms with Crippen LogP contribution < -0.4 is 9.47 Å². The average molecular weight is 272 g/mol. The van der Waals surface area contributed by atoms with Gasteiger partial charge in [-0.1, -0.05) is 35.9 Å². The number of methoxy groups -OCH3 is 1. The summed E-state index contributed by atoms with van der Waals surface area (Å²) in [7, 11) is 1.49. The van der Waals surface area contributed by atoms with Crippen LogP contribution in [0, 0.1) is 6.92 Å². The maximum Gasteiger partial charge on any atom is 0.339 e. The Balaban J connectivity index is 2.26. The third-order valence-electron chi connectivity index (χ3n) is 2.89. The Morgan fingerprint density at radius 1 is 1.20 bits per heavy atom. The van der Waals surface area contributed by atoms with Gasteiger partial charge in [0, 0.05) is 0 Å². The number of aryl methyl sites for hydroxylation is 1. The zero-order valence-electron chi connectivity index (χ0n) is 11.4. The van der Waals surface area contributed by atoms with Crippen molar-refractivity contribution in [3.05, 3.63) is 59.2 Å². The van der Waals surface area contributed by atoms with Crippen molar-refractivity contribution in [1.82, 2.24) is 0 Å². The van der Waals surface area contributed by atoms with E-state index in [4.69, 9.17) is 9.47 Å². The van der Waals surface area contributed by atoms with Crippen LogP contribution in [0.2, 0.25) is 0 Å². The zero-order valence-corrected chi connectivity index (χ0v) is 11.4. The van der Waals surface area contributed by atoms with Gasteiger partial charge in [0.1, 0.15) is 12.2 Å². The summed E-state index contributed by atoms with van der Waals surface area (Å²) in [5.41, 5.74) is 2.20. The highest BCUT2D eigenvalue weighted by atomic mass is 16.5. The van der Waals surface area contributed by atoms with Crippen LogP contribution in [0.15, 0.2) is 42.5 Å². The molecule has 0 aromatic heterocycles. The fourth-order valence-corrected chi connectivity index (χ4v) is 1.95. The van der Waals surface area contributed by atoms with E-state index in [0.717, 1.165) is 11.1 Å². The molecule has 0 fully saturated rings. The van der Waals surface area contributed by atoms with E-state index in [-0.39, 0.29) is 11.3 Å². The van der Waals surface area contributed by atoms with Crippen LogP contribution in [0.1, 0.15) is 21.5 Å². The molecule has 0 aliphatic heterocycles. The standard InChI is InChI=1S/C16H16O4/c1-11-5-3-6-12(9-11)10-20-15-13(16(17)18)7-4-8-14(15)19-2/h3-9H,10H2,1-2H3,(H,17,18). The molecule has 2 aromatic carbocycles. The van der Waals surface area contributed by atoms with Crippen molar-refractivity contribution < 1.29 is 19.4 Å². The molecule has 0 aliphatic carbocycles. The molecule has 1 N–H and O–H groups in total. The summed E-state index contributed by atoms with van der Waals surface area (Å²) in [6.45, 7) is 2.29. The van der Waals surface area contributed by atoms with Crippen molar-refractivity contribution in [3.8, 4) is 11.5 Å². The molecule has 0 amide bonds. The van der Waals surface area contributed by atoms with E-state index in [1.165, 1.54) is 13.2 Å². The monoisotopic (exact) mass is 272 g/mol. The number of carboxylic acids is 1. The van der Waals surface area contributed by atoms with E-state index < -0.39 is 5.97 Å². The Labute approximate surface area is 117 Å². The third-order valence-corrected chi connectivity index (χ3v) is 2.89. The number of rotatable bonds is 5. The number of carboxylic acid groups (broad SMARTS) is 1. The lowest BCUT2D eigenvalue weighted by molar-refractivity contribution is 0.0691. The van der Waals surface area contributed by atoms with Gasteiger partial charge < -0.3 is 14.6 Å². The Morgan fingerprint density at radius 3 is 2.60 bits per heavy atom. The van der Waals surface area contributed by atoms with E-state index in [0.29, 0.717) is 12.4 Å². The molecule has 0 spiro atoms. The van der Waals surface area contributed by atoms with E-state index in [2.05, 4.69) is 0 Å². The van der Waals surface area contributed by atoms with Crippen molar-refractivity contribution in [3.63, 3.8) is 0 Å². The molecule has 4 heteroatoms. The van der Waals surface area contributed by atoms with E-state index >= 15 is 0 Å². The number of hydrogen-bond acceptors (Lipinski definition) is 3. The number of hydrogen-bond donors (Lipinski definition) is 1. The first kappa shape index (κ1) is 13.9. The normalized spacial score (nSPS) is 10.1. The largest absolute Gasteiger partial charge is 0.493 e. The lowest BCUT2D eigenvalue weighted by atomic mass is 10.1. The van der Waals surface area contributed by atoms with Gasteiger partial charge >= 0.3 is 5.97 Å². The molecule has 104 valence electrons. The molecular formula is C16H16O4. The zero-order chi connectivity index (χ0) is 14.5. The van der Waals surface area contributed by atoms with Gasteiger partial charge in [-0.15, -0.1) is 0 Å². The maximum absolute atomic E-state index is 11.2. The number of para-hydroxylation sites is 1. The summed E-state index contributed by atoms with van der Waals surface area (Å²) in [5, 5.41) is 9.19. The molecule has 0 aliphatic rings. The smallest absolute Gasteiger partial charge is 0.339 e. The van der Waals surface area contributed by atoms with Gasteiger partial charge in [0.05, 0.1) is 7.11 Å². The summed E-state index contributed by atoms with van der Waals surface area (Å²) in [6, 6.07) is 12.7. The van der Waals surface area contributed by atoms with E-state index in [1.54, 1.807) is 12.1 Å².